The van der Waals surface area contributed by atoms with Gasteiger partial charge >= 0.3 is 17.9 Å². The molecule has 0 saturated heterocycles. The predicted octanol–water partition coefficient (Wildman–Crippen LogP) is 17.1. The molecule has 350 valence electrons. The van der Waals surface area contributed by atoms with E-state index in [0.717, 1.165) is 63.7 Å². The van der Waals surface area contributed by atoms with Gasteiger partial charge in [-0.1, -0.05) is 259 Å². The summed E-state index contributed by atoms with van der Waals surface area (Å²) >= 11 is 0. The third kappa shape index (κ3) is 47.3. The van der Waals surface area contributed by atoms with E-state index in [4.69, 9.17) is 14.2 Å². The van der Waals surface area contributed by atoms with Crippen molar-refractivity contribution in [3.8, 4) is 0 Å². The van der Waals surface area contributed by atoms with Gasteiger partial charge in [-0.2, -0.15) is 0 Å². The van der Waals surface area contributed by atoms with Gasteiger partial charge in [0, 0.05) is 19.3 Å². The largest absolute Gasteiger partial charge is 0.462 e. The van der Waals surface area contributed by atoms with Gasteiger partial charge in [-0.05, 0) is 25.2 Å². The molecule has 0 aliphatic heterocycles. The molecule has 0 aromatic carbocycles. The van der Waals surface area contributed by atoms with E-state index in [-0.39, 0.29) is 31.1 Å². The Morgan fingerprint density at radius 1 is 0.322 bits per heavy atom. The summed E-state index contributed by atoms with van der Waals surface area (Å²) in [7, 11) is 0. The van der Waals surface area contributed by atoms with Crippen LogP contribution in [0.4, 0.5) is 0 Å². The number of ether oxygens (including phenoxy) is 3. The van der Waals surface area contributed by atoms with Crippen molar-refractivity contribution in [3.05, 3.63) is 0 Å². The maximum Gasteiger partial charge on any atom is 0.306 e. The Hall–Kier alpha value is -1.59. The van der Waals surface area contributed by atoms with Crippen LogP contribution in [0.1, 0.15) is 297 Å². The second-order valence-electron chi connectivity index (χ2n) is 18.6. The summed E-state index contributed by atoms with van der Waals surface area (Å²) in [6, 6.07) is 0. The molecule has 0 aliphatic carbocycles. The fourth-order valence-corrected chi connectivity index (χ4v) is 8.04. The molecule has 0 aromatic heterocycles. The lowest BCUT2D eigenvalue weighted by molar-refractivity contribution is -0.167. The lowest BCUT2D eigenvalue weighted by Crippen LogP contribution is -2.30. The quantitative estimate of drug-likeness (QED) is 0.0345. The van der Waals surface area contributed by atoms with Gasteiger partial charge in [-0.3, -0.25) is 14.4 Å². The van der Waals surface area contributed by atoms with E-state index >= 15 is 0 Å². The zero-order valence-corrected chi connectivity index (χ0v) is 40.2. The summed E-state index contributed by atoms with van der Waals surface area (Å²) in [6.07, 6.45) is 49.4. The molecule has 1 atom stereocenters. The smallest absolute Gasteiger partial charge is 0.306 e. The van der Waals surface area contributed by atoms with Crippen LogP contribution in [0.2, 0.25) is 0 Å². The van der Waals surface area contributed by atoms with Gasteiger partial charge in [-0.15, -0.1) is 0 Å². The maximum atomic E-state index is 12.8. The molecule has 59 heavy (non-hydrogen) atoms. The van der Waals surface area contributed by atoms with Gasteiger partial charge in [0.2, 0.25) is 0 Å². The van der Waals surface area contributed by atoms with Gasteiger partial charge < -0.3 is 14.2 Å². The average molecular weight is 835 g/mol. The van der Waals surface area contributed by atoms with Crippen LogP contribution in [0.15, 0.2) is 0 Å². The molecular formula is C53H102O6. The molecule has 0 N–H and O–H groups in total. The van der Waals surface area contributed by atoms with Crippen LogP contribution in [0, 0.1) is 5.92 Å². The highest BCUT2D eigenvalue weighted by Crippen LogP contribution is 2.17. The average Bonchev–Trinajstić information content (AvgIpc) is 3.22. The summed E-state index contributed by atoms with van der Waals surface area (Å²) in [5.41, 5.74) is 0. The van der Waals surface area contributed by atoms with Crippen LogP contribution >= 0.6 is 0 Å². The summed E-state index contributed by atoms with van der Waals surface area (Å²) < 4.78 is 16.8. The fourth-order valence-electron chi connectivity index (χ4n) is 8.04. The Kier molecular flexibility index (Phi) is 46.2. The normalized spacial score (nSPS) is 11.9. The van der Waals surface area contributed by atoms with Crippen molar-refractivity contribution in [2.75, 3.05) is 13.2 Å². The van der Waals surface area contributed by atoms with Gasteiger partial charge in [0.05, 0.1) is 0 Å². The van der Waals surface area contributed by atoms with E-state index in [0.29, 0.717) is 19.3 Å². The van der Waals surface area contributed by atoms with Crippen LogP contribution in [0.3, 0.4) is 0 Å². The Morgan fingerprint density at radius 3 is 0.831 bits per heavy atom. The number of carbonyl (C=O) groups is 3. The Bertz CT molecular complexity index is 887. The SMILES string of the molecule is CCCCCCCCCCCCCCC(=O)OC[C@@H](COC(=O)CCCCCCCCCCCCCCCCC(C)C)OC(=O)CCCCCCCCCCCCCC. The Labute approximate surface area is 368 Å². The van der Waals surface area contributed by atoms with Gasteiger partial charge in [0.25, 0.3) is 0 Å². The fraction of sp³-hybridized carbons (Fsp3) is 0.943. The van der Waals surface area contributed by atoms with Crippen molar-refractivity contribution in [3.63, 3.8) is 0 Å². The molecule has 6 heteroatoms. The van der Waals surface area contributed by atoms with Crippen molar-refractivity contribution >= 4 is 17.9 Å². The third-order valence-electron chi connectivity index (χ3n) is 12.0. The maximum absolute atomic E-state index is 12.8. The first-order chi connectivity index (χ1) is 28.9. The van der Waals surface area contributed by atoms with Gasteiger partial charge in [-0.25, -0.2) is 0 Å². The lowest BCUT2D eigenvalue weighted by Gasteiger charge is -2.18. The van der Waals surface area contributed by atoms with Crippen LogP contribution in [-0.4, -0.2) is 37.2 Å². The minimum atomic E-state index is -0.760. The summed E-state index contributed by atoms with van der Waals surface area (Å²) in [5, 5.41) is 0. The first-order valence-corrected chi connectivity index (χ1v) is 26.4. The van der Waals surface area contributed by atoms with Crippen molar-refractivity contribution in [2.45, 2.75) is 303 Å². The topological polar surface area (TPSA) is 78.9 Å². The highest BCUT2D eigenvalue weighted by Gasteiger charge is 2.19. The number of carbonyl (C=O) groups excluding carboxylic acids is 3. The summed E-state index contributed by atoms with van der Waals surface area (Å²) in [4.78, 5) is 37.9. The molecule has 0 aliphatic rings. The molecule has 0 spiro atoms. The van der Waals surface area contributed by atoms with Crippen LogP contribution < -0.4 is 0 Å². The monoisotopic (exact) mass is 835 g/mol. The molecule has 0 amide bonds. The molecular weight excluding hydrogens is 733 g/mol. The third-order valence-corrected chi connectivity index (χ3v) is 12.0. The van der Waals surface area contributed by atoms with E-state index < -0.39 is 6.10 Å². The first kappa shape index (κ1) is 57.4. The standard InChI is InChI=1S/C53H102O6/c1-5-7-9-11-13-15-17-24-28-32-36-40-44-51(54)57-47-50(59-53(56)46-42-38-34-30-25-18-16-14-12-10-8-6-2)48-58-52(55)45-41-37-33-29-26-22-20-19-21-23-27-31-35-39-43-49(3)4/h49-50H,5-48H2,1-4H3/t50-/m0/s1. The minimum absolute atomic E-state index is 0.0625. The minimum Gasteiger partial charge on any atom is -0.462 e. The molecule has 0 heterocycles. The number of hydrogen-bond donors (Lipinski definition) is 0. The van der Waals surface area contributed by atoms with Crippen molar-refractivity contribution < 1.29 is 28.6 Å². The summed E-state index contributed by atoms with van der Waals surface area (Å²) in [6.45, 7) is 9.04. The number of rotatable bonds is 48. The molecule has 6 nitrogen and oxygen atoms in total. The summed E-state index contributed by atoms with van der Waals surface area (Å²) in [5.74, 6) is 0.00210. The Balaban J connectivity index is 4.27. The van der Waals surface area contributed by atoms with E-state index in [9.17, 15) is 14.4 Å². The van der Waals surface area contributed by atoms with Crippen molar-refractivity contribution in [1.82, 2.24) is 0 Å². The molecule has 0 radical (unpaired) electrons. The zero-order valence-electron chi connectivity index (χ0n) is 40.2. The van der Waals surface area contributed by atoms with Crippen LogP contribution in [-0.2, 0) is 28.6 Å². The molecule has 0 aromatic rings. The number of unbranched alkanes of at least 4 members (excludes halogenated alkanes) is 35. The second kappa shape index (κ2) is 47.5. The van der Waals surface area contributed by atoms with Gasteiger partial charge in [0.15, 0.2) is 6.10 Å². The van der Waals surface area contributed by atoms with Crippen molar-refractivity contribution in [2.24, 2.45) is 5.92 Å². The highest BCUT2D eigenvalue weighted by molar-refractivity contribution is 5.71. The number of esters is 3. The molecule has 0 unspecified atom stereocenters. The molecule has 0 fully saturated rings. The van der Waals surface area contributed by atoms with E-state index in [2.05, 4.69) is 27.7 Å². The Morgan fingerprint density at radius 2 is 0.559 bits per heavy atom. The first-order valence-electron chi connectivity index (χ1n) is 26.4. The molecule has 0 bridgehead atoms. The van der Waals surface area contributed by atoms with E-state index in [1.165, 1.54) is 193 Å². The van der Waals surface area contributed by atoms with E-state index in [1.807, 2.05) is 0 Å². The zero-order chi connectivity index (χ0) is 43.1. The molecule has 0 rings (SSSR count). The van der Waals surface area contributed by atoms with Crippen LogP contribution in [0.25, 0.3) is 0 Å². The van der Waals surface area contributed by atoms with Crippen molar-refractivity contribution in [1.29, 1.82) is 0 Å². The number of hydrogen-bond acceptors (Lipinski definition) is 6. The van der Waals surface area contributed by atoms with E-state index in [1.54, 1.807) is 0 Å². The predicted molar refractivity (Wildman–Crippen MR) is 252 cm³/mol. The second-order valence-corrected chi connectivity index (χ2v) is 18.6. The van der Waals surface area contributed by atoms with Gasteiger partial charge in [0.1, 0.15) is 13.2 Å². The highest BCUT2D eigenvalue weighted by atomic mass is 16.6. The lowest BCUT2D eigenvalue weighted by atomic mass is 10.0. The molecule has 0 saturated carbocycles. The van der Waals surface area contributed by atoms with Crippen LogP contribution in [0.5, 0.6) is 0 Å².